The smallest absolute Gasteiger partial charge is 0.165 e. The zero-order chi connectivity index (χ0) is 10.6. The van der Waals surface area contributed by atoms with Gasteiger partial charge in [0.2, 0.25) is 0 Å². The summed E-state index contributed by atoms with van der Waals surface area (Å²) in [5, 5.41) is 10.1. The summed E-state index contributed by atoms with van der Waals surface area (Å²) in [6, 6.07) is 0. The molecule has 1 N–H and O–H groups in total. The van der Waals surface area contributed by atoms with Gasteiger partial charge in [-0.15, -0.1) is 0 Å². The lowest BCUT2D eigenvalue weighted by molar-refractivity contribution is -0.140. The molecule has 0 spiro atoms. The molecule has 1 rings (SSSR count). The van der Waals surface area contributed by atoms with Crippen molar-refractivity contribution in [1.29, 1.82) is 0 Å². The molecule has 0 aliphatic heterocycles. The normalized spacial score (nSPS) is 21.1. The average molecular weight is 199 g/mol. The summed E-state index contributed by atoms with van der Waals surface area (Å²) in [5.41, 5.74) is -0.992. The van der Waals surface area contributed by atoms with Crippen LogP contribution in [0.15, 0.2) is 0 Å². The van der Waals surface area contributed by atoms with Crippen molar-refractivity contribution in [1.82, 2.24) is 4.90 Å². The van der Waals surface area contributed by atoms with Gasteiger partial charge in [-0.1, -0.05) is 19.3 Å². The highest BCUT2D eigenvalue weighted by atomic mass is 16.3. The Labute approximate surface area is 86.1 Å². The van der Waals surface area contributed by atoms with E-state index in [9.17, 15) is 9.90 Å². The molecule has 1 aliphatic carbocycles. The van der Waals surface area contributed by atoms with E-state index < -0.39 is 5.60 Å². The van der Waals surface area contributed by atoms with Crippen LogP contribution in [0.3, 0.4) is 0 Å². The van der Waals surface area contributed by atoms with Crippen LogP contribution in [0.5, 0.6) is 0 Å². The van der Waals surface area contributed by atoms with Gasteiger partial charge < -0.3 is 10.0 Å². The highest BCUT2D eigenvalue weighted by Crippen LogP contribution is 2.29. The monoisotopic (exact) mass is 199 g/mol. The molecule has 1 saturated carbocycles. The molecule has 82 valence electrons. The van der Waals surface area contributed by atoms with Gasteiger partial charge in [-0.2, -0.15) is 0 Å². The van der Waals surface area contributed by atoms with Gasteiger partial charge >= 0.3 is 0 Å². The number of hydrogen-bond donors (Lipinski definition) is 1. The summed E-state index contributed by atoms with van der Waals surface area (Å²) in [4.78, 5) is 13.7. The first-order chi connectivity index (χ1) is 6.54. The van der Waals surface area contributed by atoms with Crippen molar-refractivity contribution < 1.29 is 9.90 Å². The Morgan fingerprint density at radius 2 is 1.86 bits per heavy atom. The minimum Gasteiger partial charge on any atom is -0.382 e. The number of carbonyl (C=O) groups excluding carboxylic acids is 1. The van der Waals surface area contributed by atoms with E-state index in [1.807, 2.05) is 19.0 Å². The largest absolute Gasteiger partial charge is 0.382 e. The molecule has 0 aromatic heterocycles. The van der Waals surface area contributed by atoms with E-state index in [0.29, 0.717) is 19.3 Å². The molecule has 0 heterocycles. The van der Waals surface area contributed by atoms with Crippen LogP contribution in [-0.4, -0.2) is 42.0 Å². The van der Waals surface area contributed by atoms with Crippen molar-refractivity contribution >= 4 is 5.78 Å². The average Bonchev–Trinajstić information content (AvgIpc) is 2.15. The minimum atomic E-state index is -0.992. The molecule has 0 atom stereocenters. The van der Waals surface area contributed by atoms with Gasteiger partial charge in [-0.25, -0.2) is 0 Å². The fraction of sp³-hybridized carbons (Fsp3) is 0.909. The third-order valence-corrected chi connectivity index (χ3v) is 2.99. The first-order valence-electron chi connectivity index (χ1n) is 5.45. The predicted molar refractivity (Wildman–Crippen MR) is 56.2 cm³/mol. The van der Waals surface area contributed by atoms with Gasteiger partial charge in [0.05, 0.1) is 0 Å². The van der Waals surface area contributed by atoms with Crippen molar-refractivity contribution in [2.45, 2.75) is 44.1 Å². The summed E-state index contributed by atoms with van der Waals surface area (Å²) >= 11 is 0. The zero-order valence-electron chi connectivity index (χ0n) is 9.25. The molecule has 0 bridgehead atoms. The summed E-state index contributed by atoms with van der Waals surface area (Å²) in [6.45, 7) is 0.737. The number of hydrogen-bond acceptors (Lipinski definition) is 3. The van der Waals surface area contributed by atoms with Crippen LogP contribution < -0.4 is 0 Å². The number of nitrogens with zero attached hydrogens (tertiary/aromatic N) is 1. The summed E-state index contributed by atoms with van der Waals surface area (Å²) in [7, 11) is 3.89. The first kappa shape index (κ1) is 11.7. The molecule has 0 unspecified atom stereocenters. The molecule has 0 aromatic carbocycles. The fourth-order valence-corrected chi connectivity index (χ4v) is 1.97. The summed E-state index contributed by atoms with van der Waals surface area (Å²) < 4.78 is 0. The molecular formula is C11H21NO2. The minimum absolute atomic E-state index is 0.0332. The van der Waals surface area contributed by atoms with Crippen molar-refractivity contribution in [2.75, 3.05) is 20.6 Å². The van der Waals surface area contributed by atoms with Crippen LogP contribution >= 0.6 is 0 Å². The highest BCUT2D eigenvalue weighted by Gasteiger charge is 2.35. The Kier molecular flexibility index (Phi) is 4.08. The fourth-order valence-electron chi connectivity index (χ4n) is 1.97. The Hall–Kier alpha value is -0.410. The zero-order valence-corrected chi connectivity index (χ0v) is 9.25. The quantitative estimate of drug-likeness (QED) is 0.739. The van der Waals surface area contributed by atoms with Gasteiger partial charge in [0.1, 0.15) is 5.60 Å². The number of aliphatic hydroxyl groups is 1. The van der Waals surface area contributed by atoms with E-state index in [1.165, 1.54) is 0 Å². The molecule has 0 radical (unpaired) electrons. The van der Waals surface area contributed by atoms with Crippen molar-refractivity contribution in [2.24, 2.45) is 0 Å². The first-order valence-corrected chi connectivity index (χ1v) is 5.45. The van der Waals surface area contributed by atoms with Gasteiger partial charge in [0, 0.05) is 13.0 Å². The van der Waals surface area contributed by atoms with E-state index in [-0.39, 0.29) is 5.78 Å². The third kappa shape index (κ3) is 3.07. The Bertz CT molecular complexity index is 195. The topological polar surface area (TPSA) is 40.5 Å². The van der Waals surface area contributed by atoms with Crippen LogP contribution in [0.4, 0.5) is 0 Å². The Morgan fingerprint density at radius 1 is 1.29 bits per heavy atom. The van der Waals surface area contributed by atoms with E-state index in [0.717, 1.165) is 25.8 Å². The number of Topliss-reactive ketones (excluding diaryl/α,β-unsaturated/α-hetero) is 1. The second-order valence-electron chi connectivity index (χ2n) is 4.57. The predicted octanol–water partition coefficient (Wildman–Crippen LogP) is 1.20. The SMILES string of the molecule is CN(C)CCC(=O)C1(O)CCCCC1. The lowest BCUT2D eigenvalue weighted by Gasteiger charge is -2.30. The Morgan fingerprint density at radius 3 is 2.36 bits per heavy atom. The number of carbonyl (C=O) groups is 1. The maximum Gasteiger partial charge on any atom is 0.165 e. The van der Waals surface area contributed by atoms with Gasteiger partial charge in [0.15, 0.2) is 5.78 Å². The number of ketones is 1. The molecule has 0 aromatic rings. The second kappa shape index (κ2) is 4.89. The van der Waals surface area contributed by atoms with Gasteiger partial charge in [0.25, 0.3) is 0 Å². The molecule has 3 heteroatoms. The number of rotatable bonds is 4. The van der Waals surface area contributed by atoms with Crippen molar-refractivity contribution in [3.05, 3.63) is 0 Å². The van der Waals surface area contributed by atoms with E-state index in [4.69, 9.17) is 0 Å². The second-order valence-corrected chi connectivity index (χ2v) is 4.57. The molecular weight excluding hydrogens is 178 g/mol. The molecule has 1 aliphatic rings. The maximum absolute atomic E-state index is 11.7. The van der Waals surface area contributed by atoms with Gasteiger partial charge in [-0.3, -0.25) is 4.79 Å². The van der Waals surface area contributed by atoms with Crippen molar-refractivity contribution in [3.8, 4) is 0 Å². The molecule has 14 heavy (non-hydrogen) atoms. The van der Waals surface area contributed by atoms with E-state index in [2.05, 4.69) is 0 Å². The van der Waals surface area contributed by atoms with Crippen molar-refractivity contribution in [3.63, 3.8) is 0 Å². The Balaban J connectivity index is 2.41. The lowest BCUT2D eigenvalue weighted by atomic mass is 9.81. The van der Waals surface area contributed by atoms with Crippen LogP contribution in [0.2, 0.25) is 0 Å². The third-order valence-electron chi connectivity index (χ3n) is 2.99. The van der Waals surface area contributed by atoms with E-state index >= 15 is 0 Å². The van der Waals surface area contributed by atoms with Crippen LogP contribution in [0.1, 0.15) is 38.5 Å². The standard InChI is InChI=1S/C11H21NO2/c1-12(2)9-6-10(13)11(14)7-4-3-5-8-11/h14H,3-9H2,1-2H3. The van der Waals surface area contributed by atoms with Crippen LogP contribution in [0, 0.1) is 0 Å². The molecule has 0 saturated heterocycles. The molecule has 3 nitrogen and oxygen atoms in total. The molecule has 0 amide bonds. The van der Waals surface area contributed by atoms with Gasteiger partial charge in [-0.05, 0) is 26.9 Å². The maximum atomic E-state index is 11.7. The molecule has 1 fully saturated rings. The van der Waals surface area contributed by atoms with E-state index in [1.54, 1.807) is 0 Å². The summed E-state index contributed by atoms with van der Waals surface area (Å²) in [5.74, 6) is 0.0332. The highest BCUT2D eigenvalue weighted by molar-refractivity contribution is 5.87. The van der Waals surface area contributed by atoms with Crippen LogP contribution in [-0.2, 0) is 4.79 Å². The van der Waals surface area contributed by atoms with Crippen LogP contribution in [0.25, 0.3) is 0 Å². The lowest BCUT2D eigenvalue weighted by Crippen LogP contribution is -2.41. The summed E-state index contributed by atoms with van der Waals surface area (Å²) in [6.07, 6.45) is 4.94.